The number of pyridine rings is 1. The van der Waals surface area contributed by atoms with Gasteiger partial charge in [-0.2, -0.15) is 0 Å². The Morgan fingerprint density at radius 2 is 1.91 bits per heavy atom. The first kappa shape index (κ1) is 12.8. The molecule has 22 heavy (non-hydrogen) atoms. The molecule has 4 heteroatoms. The Morgan fingerprint density at radius 3 is 2.73 bits per heavy atom. The van der Waals surface area contributed by atoms with Gasteiger partial charge in [-0.15, -0.1) is 0 Å². The lowest BCUT2D eigenvalue weighted by Crippen LogP contribution is -2.00. The molecule has 2 aromatic carbocycles. The molecule has 0 fully saturated rings. The molecule has 0 saturated carbocycles. The summed E-state index contributed by atoms with van der Waals surface area (Å²) in [6.45, 7) is 0. The van der Waals surface area contributed by atoms with E-state index in [9.17, 15) is 4.79 Å². The highest BCUT2D eigenvalue weighted by atomic mass is 16.5. The van der Waals surface area contributed by atoms with E-state index in [0.717, 1.165) is 32.8 Å². The van der Waals surface area contributed by atoms with Crippen molar-refractivity contribution >= 4 is 38.8 Å². The summed E-state index contributed by atoms with van der Waals surface area (Å²) in [4.78, 5) is 16.5. The molecule has 0 radical (unpaired) electrons. The summed E-state index contributed by atoms with van der Waals surface area (Å²) in [5.74, 6) is -0.326. The number of rotatable bonds is 1. The lowest BCUT2D eigenvalue weighted by Gasteiger charge is -2.00. The van der Waals surface area contributed by atoms with E-state index in [1.165, 1.54) is 7.11 Å². The Morgan fingerprint density at radius 1 is 1.09 bits per heavy atom. The number of methoxy groups -OCH3 is 1. The van der Waals surface area contributed by atoms with Crippen molar-refractivity contribution in [2.45, 2.75) is 0 Å². The number of carbonyl (C=O) groups excluding carboxylic acids is 1. The fourth-order valence-electron chi connectivity index (χ4n) is 2.96. The van der Waals surface area contributed by atoms with E-state index in [1.54, 1.807) is 6.07 Å². The molecular formula is C18H14N2O2. The first-order valence-corrected chi connectivity index (χ1v) is 7.05. The molecule has 2 heterocycles. The Hall–Kier alpha value is -2.88. The van der Waals surface area contributed by atoms with Crippen LogP contribution in [0, 0.1) is 0 Å². The van der Waals surface area contributed by atoms with Crippen LogP contribution in [0.4, 0.5) is 0 Å². The predicted octanol–water partition coefficient (Wildman–Crippen LogP) is 3.67. The zero-order chi connectivity index (χ0) is 15.3. The molecule has 0 aliphatic rings. The molecule has 0 unspecified atom stereocenters. The zero-order valence-corrected chi connectivity index (χ0v) is 12.3. The van der Waals surface area contributed by atoms with E-state index in [0.29, 0.717) is 5.56 Å². The second kappa shape index (κ2) is 4.56. The molecule has 0 atom stereocenters. The van der Waals surface area contributed by atoms with E-state index in [1.807, 2.05) is 43.4 Å². The minimum atomic E-state index is -0.326. The Balaban J connectivity index is 2.14. The number of hydrogen-bond acceptors (Lipinski definition) is 3. The molecule has 2 aromatic heterocycles. The predicted molar refractivity (Wildman–Crippen MR) is 87.1 cm³/mol. The first-order valence-electron chi connectivity index (χ1n) is 7.05. The van der Waals surface area contributed by atoms with Gasteiger partial charge in [0.2, 0.25) is 0 Å². The number of aryl methyl sites for hydroxylation is 1. The van der Waals surface area contributed by atoms with E-state index in [-0.39, 0.29) is 5.97 Å². The topological polar surface area (TPSA) is 44.1 Å². The minimum absolute atomic E-state index is 0.326. The molecule has 108 valence electrons. The highest BCUT2D eigenvalue weighted by Gasteiger charge is 2.13. The smallest absolute Gasteiger partial charge is 0.337 e. The van der Waals surface area contributed by atoms with Gasteiger partial charge >= 0.3 is 5.97 Å². The van der Waals surface area contributed by atoms with Crippen LogP contribution in [0.2, 0.25) is 0 Å². The molecular weight excluding hydrogens is 276 g/mol. The molecule has 4 nitrogen and oxygen atoms in total. The van der Waals surface area contributed by atoms with Gasteiger partial charge in [-0.05, 0) is 30.3 Å². The summed E-state index contributed by atoms with van der Waals surface area (Å²) in [7, 11) is 3.38. The van der Waals surface area contributed by atoms with Gasteiger partial charge in [0, 0.05) is 23.2 Å². The third kappa shape index (κ3) is 1.70. The largest absolute Gasteiger partial charge is 0.465 e. The van der Waals surface area contributed by atoms with Gasteiger partial charge in [0.15, 0.2) is 0 Å². The van der Waals surface area contributed by atoms with Crippen molar-refractivity contribution in [2.24, 2.45) is 7.05 Å². The molecule has 0 aliphatic heterocycles. The number of benzene rings is 2. The van der Waals surface area contributed by atoms with E-state index >= 15 is 0 Å². The zero-order valence-electron chi connectivity index (χ0n) is 12.3. The van der Waals surface area contributed by atoms with E-state index in [4.69, 9.17) is 9.72 Å². The quantitative estimate of drug-likeness (QED) is 0.502. The minimum Gasteiger partial charge on any atom is -0.465 e. The number of esters is 1. The highest BCUT2D eigenvalue weighted by molar-refractivity contribution is 6.11. The summed E-state index contributed by atoms with van der Waals surface area (Å²) in [5.41, 5.74) is 3.48. The number of fused-ring (bicyclic) bond motifs is 4. The van der Waals surface area contributed by atoms with Crippen molar-refractivity contribution in [1.82, 2.24) is 9.55 Å². The fraction of sp³-hybridized carbons (Fsp3) is 0.111. The molecule has 0 spiro atoms. The van der Waals surface area contributed by atoms with E-state index in [2.05, 4.69) is 10.6 Å². The third-order valence-electron chi connectivity index (χ3n) is 4.09. The molecule has 4 rings (SSSR count). The van der Waals surface area contributed by atoms with Crippen LogP contribution >= 0.6 is 0 Å². The van der Waals surface area contributed by atoms with Gasteiger partial charge in [-0.3, -0.25) is 0 Å². The van der Waals surface area contributed by atoms with Crippen LogP contribution in [0.25, 0.3) is 32.8 Å². The van der Waals surface area contributed by atoms with Crippen molar-refractivity contribution < 1.29 is 9.53 Å². The summed E-state index contributed by atoms with van der Waals surface area (Å²) in [6.07, 6.45) is 0. The average molecular weight is 290 g/mol. The molecule has 0 N–H and O–H groups in total. The number of nitrogens with zero attached hydrogens (tertiary/aromatic N) is 2. The Labute approximate surface area is 126 Å². The molecule has 4 aromatic rings. The van der Waals surface area contributed by atoms with Crippen molar-refractivity contribution in [2.75, 3.05) is 7.11 Å². The van der Waals surface area contributed by atoms with Crippen molar-refractivity contribution in [3.63, 3.8) is 0 Å². The van der Waals surface area contributed by atoms with Crippen molar-refractivity contribution in [3.8, 4) is 0 Å². The van der Waals surface area contributed by atoms with Crippen LogP contribution in [-0.2, 0) is 11.8 Å². The van der Waals surface area contributed by atoms with Gasteiger partial charge in [-0.25, -0.2) is 9.78 Å². The Bertz CT molecular complexity index is 1050. The number of para-hydroxylation sites is 1. The van der Waals surface area contributed by atoms with Crippen LogP contribution in [-0.4, -0.2) is 22.6 Å². The molecule has 0 aliphatic carbocycles. The third-order valence-corrected chi connectivity index (χ3v) is 4.09. The normalized spacial score (nSPS) is 11.4. The van der Waals surface area contributed by atoms with Gasteiger partial charge < -0.3 is 9.30 Å². The molecule has 0 bridgehead atoms. The van der Waals surface area contributed by atoms with Gasteiger partial charge in [0.05, 0.1) is 23.7 Å². The highest BCUT2D eigenvalue weighted by Crippen LogP contribution is 2.30. The van der Waals surface area contributed by atoms with Gasteiger partial charge in [0.25, 0.3) is 0 Å². The molecule has 0 saturated heterocycles. The standard InChI is InChI=1S/C18H14N2O2/c1-20-16-8-7-12(18(21)22-2)10-13(16)14-9-11-5-3-4-6-15(11)19-17(14)20/h3-10H,1-2H3. The van der Waals surface area contributed by atoms with Crippen molar-refractivity contribution in [1.29, 1.82) is 0 Å². The lowest BCUT2D eigenvalue weighted by molar-refractivity contribution is 0.0601. The van der Waals surface area contributed by atoms with Crippen LogP contribution in [0.1, 0.15) is 10.4 Å². The van der Waals surface area contributed by atoms with Crippen LogP contribution in [0.5, 0.6) is 0 Å². The SMILES string of the molecule is COC(=O)c1ccc2c(c1)c1cc3ccccc3nc1n2C. The number of hydrogen-bond donors (Lipinski definition) is 0. The Kier molecular flexibility index (Phi) is 2.66. The fourth-order valence-corrected chi connectivity index (χ4v) is 2.96. The van der Waals surface area contributed by atoms with Crippen molar-refractivity contribution in [3.05, 3.63) is 54.1 Å². The maximum Gasteiger partial charge on any atom is 0.337 e. The summed E-state index contributed by atoms with van der Waals surface area (Å²) in [5, 5.41) is 3.14. The number of ether oxygens (including phenoxy) is 1. The van der Waals surface area contributed by atoms with Crippen LogP contribution in [0.3, 0.4) is 0 Å². The maximum absolute atomic E-state index is 11.8. The van der Waals surface area contributed by atoms with Gasteiger partial charge in [-0.1, -0.05) is 18.2 Å². The monoisotopic (exact) mass is 290 g/mol. The summed E-state index contributed by atoms with van der Waals surface area (Å²) >= 11 is 0. The molecule has 0 amide bonds. The van der Waals surface area contributed by atoms with Crippen LogP contribution < -0.4 is 0 Å². The number of carbonyl (C=O) groups is 1. The van der Waals surface area contributed by atoms with Crippen LogP contribution in [0.15, 0.2) is 48.5 Å². The summed E-state index contributed by atoms with van der Waals surface area (Å²) in [6, 6.07) is 15.8. The second-order valence-corrected chi connectivity index (χ2v) is 5.33. The lowest BCUT2D eigenvalue weighted by atomic mass is 10.1. The van der Waals surface area contributed by atoms with E-state index < -0.39 is 0 Å². The maximum atomic E-state index is 11.8. The van der Waals surface area contributed by atoms with Gasteiger partial charge in [0.1, 0.15) is 5.65 Å². The first-order chi connectivity index (χ1) is 10.7. The average Bonchev–Trinajstić information content (AvgIpc) is 2.84. The number of aromatic nitrogens is 2. The second-order valence-electron chi connectivity index (χ2n) is 5.33. The summed E-state index contributed by atoms with van der Waals surface area (Å²) < 4.78 is 6.87.